The Morgan fingerprint density at radius 1 is 1.83 bits per heavy atom. The maximum absolute atomic E-state index is 10.5. The lowest BCUT2D eigenvalue weighted by Crippen LogP contribution is -2.02. The lowest BCUT2D eigenvalue weighted by atomic mass is 10.5. The van der Waals surface area contributed by atoms with E-state index in [-0.39, 0.29) is 4.05 Å². The fourth-order valence-electron chi connectivity index (χ4n) is 0.933. The van der Waals surface area contributed by atoms with E-state index >= 15 is 0 Å². The summed E-state index contributed by atoms with van der Waals surface area (Å²) in [5.41, 5.74) is 0.848. The number of halogens is 1. The van der Waals surface area contributed by atoms with Crippen LogP contribution in [0, 0.1) is 6.92 Å². The number of aromatic nitrogens is 2. The molecule has 1 atom stereocenters. The molecule has 0 N–H and O–H groups in total. The van der Waals surface area contributed by atoms with Crippen LogP contribution in [0.3, 0.4) is 0 Å². The van der Waals surface area contributed by atoms with Crippen molar-refractivity contribution < 1.29 is 4.79 Å². The van der Waals surface area contributed by atoms with Crippen molar-refractivity contribution >= 4 is 28.9 Å². The molecule has 64 valence electrons. The van der Waals surface area contributed by atoms with Crippen molar-refractivity contribution in [3.8, 4) is 0 Å². The molecule has 3 nitrogen and oxygen atoms in total. The van der Waals surface area contributed by atoms with Gasteiger partial charge in [-0.1, -0.05) is 28.7 Å². The second-order valence-corrected chi connectivity index (χ2v) is 3.65. The Hall–Kier alpha value is -0.650. The number of allylic oxidation sites excluding steroid dienone is 1. The van der Waals surface area contributed by atoms with Gasteiger partial charge in [0.05, 0.1) is 5.69 Å². The molecular formula is C8H9IN2O. The molecule has 0 aliphatic carbocycles. The largest absolute Gasteiger partial charge is 0.313 e. The average Bonchev–Trinajstić information content (AvgIpc) is 2.45. The van der Waals surface area contributed by atoms with Crippen LogP contribution in [-0.2, 0) is 0 Å². The summed E-state index contributed by atoms with van der Waals surface area (Å²) in [5.74, 6) is 0.451. The highest BCUT2D eigenvalue weighted by Gasteiger charge is 2.08. The Bertz CT molecular complexity index is 306. The highest BCUT2D eigenvalue weighted by atomic mass is 127. The Morgan fingerprint density at radius 3 is 3.00 bits per heavy atom. The molecule has 0 aromatic carbocycles. The summed E-state index contributed by atoms with van der Waals surface area (Å²) < 4.78 is 1.87. The van der Waals surface area contributed by atoms with Crippen molar-refractivity contribution in [1.82, 2.24) is 9.55 Å². The number of alkyl halides is 1. The van der Waals surface area contributed by atoms with Crippen LogP contribution >= 0.6 is 22.6 Å². The van der Waals surface area contributed by atoms with Crippen molar-refractivity contribution in [1.29, 1.82) is 0 Å². The molecular weight excluding hydrogens is 267 g/mol. The minimum atomic E-state index is 0.0870. The zero-order valence-corrected chi connectivity index (χ0v) is 8.85. The fraction of sp³-hybridized carbons (Fsp3) is 0.250. The molecule has 0 amide bonds. The minimum absolute atomic E-state index is 0.0870. The summed E-state index contributed by atoms with van der Waals surface area (Å²) in [4.78, 5) is 14.6. The lowest BCUT2D eigenvalue weighted by Gasteiger charge is -2.05. The molecule has 0 spiro atoms. The van der Waals surface area contributed by atoms with Gasteiger partial charge in [-0.2, -0.15) is 0 Å². The second kappa shape index (κ2) is 3.84. The third kappa shape index (κ3) is 1.74. The third-order valence-corrected chi connectivity index (χ3v) is 2.56. The maximum atomic E-state index is 10.5. The number of aryl methyl sites for hydroxylation is 1. The van der Waals surface area contributed by atoms with E-state index in [0.717, 1.165) is 12.0 Å². The molecule has 0 radical (unpaired) electrons. The predicted molar refractivity (Wildman–Crippen MR) is 55.6 cm³/mol. The van der Waals surface area contributed by atoms with Crippen LogP contribution in [0.5, 0.6) is 0 Å². The molecule has 0 saturated carbocycles. The van der Waals surface area contributed by atoms with Gasteiger partial charge in [-0.15, -0.1) is 6.58 Å². The van der Waals surface area contributed by atoms with Gasteiger partial charge in [0.1, 0.15) is 4.05 Å². The van der Waals surface area contributed by atoms with Gasteiger partial charge in [-0.25, -0.2) is 4.98 Å². The summed E-state index contributed by atoms with van der Waals surface area (Å²) in [5, 5.41) is 0. The highest BCUT2D eigenvalue weighted by Crippen LogP contribution is 2.18. The van der Waals surface area contributed by atoms with E-state index in [1.807, 2.05) is 13.1 Å². The smallest absolute Gasteiger partial charge is 0.185 e. The van der Waals surface area contributed by atoms with E-state index in [1.165, 1.54) is 0 Å². The van der Waals surface area contributed by atoms with Gasteiger partial charge in [0.15, 0.2) is 12.1 Å². The van der Waals surface area contributed by atoms with Crippen LogP contribution in [0.4, 0.5) is 0 Å². The molecule has 1 rings (SSSR count). The molecule has 1 heterocycles. The van der Waals surface area contributed by atoms with Crippen molar-refractivity contribution in [3.05, 3.63) is 30.4 Å². The Labute approximate surface area is 84.6 Å². The zero-order chi connectivity index (χ0) is 9.14. The first-order chi connectivity index (χ1) is 5.69. The summed E-state index contributed by atoms with van der Waals surface area (Å²) in [7, 11) is 0. The van der Waals surface area contributed by atoms with Crippen LogP contribution in [0.2, 0.25) is 0 Å². The first kappa shape index (κ1) is 9.44. The predicted octanol–water partition coefficient (Wildman–Crippen LogP) is 2.12. The van der Waals surface area contributed by atoms with Crippen LogP contribution in [-0.4, -0.2) is 15.8 Å². The topological polar surface area (TPSA) is 34.9 Å². The van der Waals surface area contributed by atoms with Gasteiger partial charge >= 0.3 is 0 Å². The summed E-state index contributed by atoms with van der Waals surface area (Å²) >= 11 is 2.18. The van der Waals surface area contributed by atoms with Crippen molar-refractivity contribution in [2.45, 2.75) is 11.0 Å². The standard InChI is InChI=1S/C8H9IN2O/c1-3-7(9)11-4-6(2)10-8(11)5-12/h3-5,7H,1H2,2H3. The van der Waals surface area contributed by atoms with Crippen LogP contribution < -0.4 is 0 Å². The Balaban J connectivity index is 3.11. The van der Waals surface area contributed by atoms with Crippen molar-refractivity contribution in [2.75, 3.05) is 0 Å². The SMILES string of the molecule is C=CC(I)n1cc(C)nc1C=O. The summed E-state index contributed by atoms with van der Waals surface area (Å²) in [6.45, 7) is 5.51. The summed E-state index contributed by atoms with van der Waals surface area (Å²) in [6, 6.07) is 0. The molecule has 12 heavy (non-hydrogen) atoms. The van der Waals surface area contributed by atoms with Crippen LogP contribution in [0.1, 0.15) is 20.4 Å². The second-order valence-electron chi connectivity index (χ2n) is 2.37. The van der Waals surface area contributed by atoms with E-state index in [0.29, 0.717) is 5.82 Å². The first-order valence-corrected chi connectivity index (χ1v) is 4.71. The number of nitrogens with zero attached hydrogens (tertiary/aromatic N) is 2. The van der Waals surface area contributed by atoms with Crippen LogP contribution in [0.25, 0.3) is 0 Å². The molecule has 1 aromatic heterocycles. The number of imidazole rings is 1. The first-order valence-electron chi connectivity index (χ1n) is 3.46. The van der Waals surface area contributed by atoms with Crippen molar-refractivity contribution in [2.24, 2.45) is 0 Å². The molecule has 0 aliphatic heterocycles. The Morgan fingerprint density at radius 2 is 2.50 bits per heavy atom. The van der Waals surface area contributed by atoms with Gasteiger partial charge in [-0.05, 0) is 6.92 Å². The number of aldehydes is 1. The number of hydrogen-bond acceptors (Lipinski definition) is 2. The molecule has 0 saturated heterocycles. The minimum Gasteiger partial charge on any atom is -0.313 e. The van der Waals surface area contributed by atoms with Gasteiger partial charge in [0.25, 0.3) is 0 Å². The van der Waals surface area contributed by atoms with Gasteiger partial charge in [0.2, 0.25) is 0 Å². The van der Waals surface area contributed by atoms with Gasteiger partial charge in [0, 0.05) is 6.20 Å². The molecule has 0 bridgehead atoms. The molecule has 0 aliphatic rings. The normalized spacial score (nSPS) is 12.5. The molecule has 4 heteroatoms. The van der Waals surface area contributed by atoms with Gasteiger partial charge < -0.3 is 4.57 Å². The summed E-state index contributed by atoms with van der Waals surface area (Å²) in [6.07, 6.45) is 4.35. The molecule has 1 unspecified atom stereocenters. The Kier molecular flexibility index (Phi) is 3.02. The lowest BCUT2D eigenvalue weighted by molar-refractivity contribution is 0.111. The van der Waals surface area contributed by atoms with Gasteiger partial charge in [-0.3, -0.25) is 4.79 Å². The van der Waals surface area contributed by atoms with E-state index in [1.54, 1.807) is 10.6 Å². The van der Waals surface area contributed by atoms with Crippen LogP contribution in [0.15, 0.2) is 18.9 Å². The van der Waals surface area contributed by atoms with Crippen molar-refractivity contribution in [3.63, 3.8) is 0 Å². The number of carbonyl (C=O) groups is 1. The maximum Gasteiger partial charge on any atom is 0.185 e. The monoisotopic (exact) mass is 276 g/mol. The quantitative estimate of drug-likeness (QED) is 0.367. The van der Waals surface area contributed by atoms with E-state index in [9.17, 15) is 4.79 Å². The fourth-order valence-corrected chi connectivity index (χ4v) is 1.38. The molecule has 1 aromatic rings. The van der Waals surface area contributed by atoms with E-state index < -0.39 is 0 Å². The average molecular weight is 276 g/mol. The van der Waals surface area contributed by atoms with E-state index in [4.69, 9.17) is 0 Å². The zero-order valence-electron chi connectivity index (χ0n) is 6.70. The molecule has 0 fully saturated rings. The van der Waals surface area contributed by atoms with E-state index in [2.05, 4.69) is 34.2 Å². The number of hydrogen-bond donors (Lipinski definition) is 0. The number of rotatable bonds is 3. The highest BCUT2D eigenvalue weighted by molar-refractivity contribution is 14.1. The third-order valence-electron chi connectivity index (χ3n) is 1.45. The number of carbonyl (C=O) groups excluding carboxylic acids is 1.